The molecule has 136 valence electrons. The second-order valence-electron chi connectivity index (χ2n) is 6.18. The van der Waals surface area contributed by atoms with Crippen LogP contribution in [0.1, 0.15) is 5.56 Å². The van der Waals surface area contributed by atoms with E-state index in [2.05, 4.69) is 0 Å². The Morgan fingerprint density at radius 2 is 1.59 bits per heavy atom. The molecule has 0 N–H and O–H groups in total. The van der Waals surface area contributed by atoms with Crippen molar-refractivity contribution in [2.24, 2.45) is 0 Å². The van der Waals surface area contributed by atoms with Crippen molar-refractivity contribution < 1.29 is 14.2 Å². The minimum Gasteiger partial charge on any atom is -0.497 e. The summed E-state index contributed by atoms with van der Waals surface area (Å²) in [5, 5.41) is 0. The van der Waals surface area contributed by atoms with E-state index < -0.39 is 0 Å². The zero-order valence-corrected chi connectivity index (χ0v) is 15.5. The number of benzene rings is 2. The summed E-state index contributed by atoms with van der Waals surface area (Å²) in [6, 6.07) is 19.4. The lowest BCUT2D eigenvalue weighted by Crippen LogP contribution is -1.95. The maximum Gasteiger partial charge on any atom is 0.232 e. The largest absolute Gasteiger partial charge is 0.497 e. The molecule has 0 amide bonds. The van der Waals surface area contributed by atoms with Gasteiger partial charge in [-0.25, -0.2) is 4.98 Å². The van der Waals surface area contributed by atoms with Crippen molar-refractivity contribution in [1.82, 2.24) is 9.38 Å². The molecule has 0 bridgehead atoms. The van der Waals surface area contributed by atoms with Gasteiger partial charge in [-0.2, -0.15) is 0 Å². The molecule has 0 aliphatic carbocycles. The van der Waals surface area contributed by atoms with Crippen LogP contribution in [0.25, 0.3) is 16.9 Å². The molecule has 2 heterocycles. The third kappa shape index (κ3) is 3.19. The van der Waals surface area contributed by atoms with E-state index in [1.807, 2.05) is 78.2 Å². The Balaban J connectivity index is 1.88. The van der Waals surface area contributed by atoms with E-state index in [9.17, 15) is 0 Å². The van der Waals surface area contributed by atoms with Gasteiger partial charge in [-0.1, -0.05) is 12.1 Å². The molecular formula is C22H20N2O3. The summed E-state index contributed by atoms with van der Waals surface area (Å²) in [6.07, 6.45) is 1.97. The van der Waals surface area contributed by atoms with Gasteiger partial charge in [0, 0.05) is 11.8 Å². The number of nitrogens with zero attached hydrogens (tertiary/aromatic N) is 2. The first kappa shape index (κ1) is 17.0. The maximum absolute atomic E-state index is 6.28. The van der Waals surface area contributed by atoms with Gasteiger partial charge in [0.2, 0.25) is 5.88 Å². The van der Waals surface area contributed by atoms with Crippen molar-refractivity contribution in [3.05, 3.63) is 72.4 Å². The van der Waals surface area contributed by atoms with Gasteiger partial charge in [0.05, 0.1) is 14.2 Å². The fraction of sp³-hybridized carbons (Fsp3) is 0.136. The molecule has 2 aromatic heterocycles. The van der Waals surface area contributed by atoms with Crippen molar-refractivity contribution in [3.8, 4) is 34.4 Å². The summed E-state index contributed by atoms with van der Waals surface area (Å²) >= 11 is 0. The Bertz CT molecular complexity index is 1080. The first-order valence-electron chi connectivity index (χ1n) is 8.63. The van der Waals surface area contributed by atoms with Crippen LogP contribution in [-0.4, -0.2) is 23.6 Å². The zero-order valence-electron chi connectivity index (χ0n) is 15.5. The van der Waals surface area contributed by atoms with Crippen LogP contribution in [0, 0.1) is 6.92 Å². The number of pyridine rings is 1. The molecule has 5 nitrogen and oxygen atoms in total. The lowest BCUT2D eigenvalue weighted by molar-refractivity contribution is 0.373. The number of methoxy groups -OCH3 is 2. The molecule has 5 heteroatoms. The smallest absolute Gasteiger partial charge is 0.232 e. The molecule has 0 spiro atoms. The van der Waals surface area contributed by atoms with E-state index in [0.29, 0.717) is 17.4 Å². The van der Waals surface area contributed by atoms with Crippen LogP contribution in [0.3, 0.4) is 0 Å². The average Bonchev–Trinajstić information content (AvgIpc) is 3.06. The average molecular weight is 360 g/mol. The Morgan fingerprint density at radius 1 is 0.852 bits per heavy atom. The third-order valence-corrected chi connectivity index (χ3v) is 4.38. The number of hydrogen-bond acceptors (Lipinski definition) is 4. The Kier molecular flexibility index (Phi) is 4.42. The number of para-hydroxylation sites is 2. The predicted molar refractivity (Wildman–Crippen MR) is 105 cm³/mol. The molecule has 0 unspecified atom stereocenters. The van der Waals surface area contributed by atoms with Crippen LogP contribution >= 0.6 is 0 Å². The summed E-state index contributed by atoms with van der Waals surface area (Å²) in [7, 11) is 3.28. The van der Waals surface area contributed by atoms with Gasteiger partial charge < -0.3 is 14.2 Å². The number of ether oxygens (including phenoxy) is 3. The molecule has 27 heavy (non-hydrogen) atoms. The Labute approximate surface area is 157 Å². The first-order chi connectivity index (χ1) is 13.2. The molecule has 0 saturated carbocycles. The van der Waals surface area contributed by atoms with E-state index in [1.165, 1.54) is 0 Å². The van der Waals surface area contributed by atoms with Crippen LogP contribution in [0.15, 0.2) is 66.9 Å². The fourth-order valence-electron chi connectivity index (χ4n) is 2.97. The van der Waals surface area contributed by atoms with Gasteiger partial charge >= 0.3 is 0 Å². The quantitative estimate of drug-likeness (QED) is 0.495. The van der Waals surface area contributed by atoms with Crippen LogP contribution in [0.5, 0.6) is 23.1 Å². The number of rotatable bonds is 5. The molecule has 0 fully saturated rings. The Morgan fingerprint density at radius 3 is 2.30 bits per heavy atom. The highest BCUT2D eigenvalue weighted by atomic mass is 16.5. The van der Waals surface area contributed by atoms with Gasteiger partial charge in [0.1, 0.15) is 17.1 Å². The molecule has 2 aromatic carbocycles. The van der Waals surface area contributed by atoms with Crippen LogP contribution < -0.4 is 14.2 Å². The summed E-state index contributed by atoms with van der Waals surface area (Å²) < 4.78 is 18.9. The maximum atomic E-state index is 6.28. The molecular weight excluding hydrogens is 340 g/mol. The number of fused-ring (bicyclic) bond motifs is 1. The summed E-state index contributed by atoms with van der Waals surface area (Å²) in [5.41, 5.74) is 3.67. The van der Waals surface area contributed by atoms with Crippen LogP contribution in [-0.2, 0) is 0 Å². The minimum atomic E-state index is 0.636. The second kappa shape index (κ2) is 7.03. The predicted octanol–water partition coefficient (Wildman–Crippen LogP) is 5.12. The third-order valence-electron chi connectivity index (χ3n) is 4.38. The summed E-state index contributed by atoms with van der Waals surface area (Å²) in [4.78, 5) is 4.81. The molecule has 4 aromatic rings. The number of aryl methyl sites for hydroxylation is 1. The molecule has 0 saturated heterocycles. The zero-order chi connectivity index (χ0) is 18.8. The van der Waals surface area contributed by atoms with E-state index in [1.54, 1.807) is 14.2 Å². The number of hydrogen-bond donors (Lipinski definition) is 0. The number of imidazole rings is 1. The molecule has 0 aliphatic heterocycles. The minimum absolute atomic E-state index is 0.636. The van der Waals surface area contributed by atoms with E-state index in [4.69, 9.17) is 19.2 Å². The molecule has 0 aliphatic rings. The topological polar surface area (TPSA) is 45.0 Å². The van der Waals surface area contributed by atoms with Crippen molar-refractivity contribution in [2.45, 2.75) is 6.92 Å². The lowest BCUT2D eigenvalue weighted by Gasteiger charge is -2.11. The first-order valence-corrected chi connectivity index (χ1v) is 8.63. The lowest BCUT2D eigenvalue weighted by atomic mass is 10.1. The highest BCUT2D eigenvalue weighted by Crippen LogP contribution is 2.38. The molecule has 4 rings (SSSR count). The van der Waals surface area contributed by atoms with Crippen molar-refractivity contribution >= 4 is 5.65 Å². The van der Waals surface area contributed by atoms with Gasteiger partial charge in [-0.15, -0.1) is 0 Å². The van der Waals surface area contributed by atoms with E-state index >= 15 is 0 Å². The van der Waals surface area contributed by atoms with Crippen LogP contribution in [0.2, 0.25) is 0 Å². The monoisotopic (exact) mass is 360 g/mol. The van der Waals surface area contributed by atoms with Crippen molar-refractivity contribution in [1.29, 1.82) is 0 Å². The van der Waals surface area contributed by atoms with Gasteiger partial charge in [-0.05, 0) is 61.0 Å². The van der Waals surface area contributed by atoms with Crippen molar-refractivity contribution in [3.63, 3.8) is 0 Å². The van der Waals surface area contributed by atoms with Gasteiger partial charge in [0.15, 0.2) is 11.5 Å². The second-order valence-corrected chi connectivity index (χ2v) is 6.18. The Hall–Kier alpha value is -3.47. The fourth-order valence-corrected chi connectivity index (χ4v) is 2.97. The molecule has 0 radical (unpaired) electrons. The van der Waals surface area contributed by atoms with Gasteiger partial charge in [-0.3, -0.25) is 4.40 Å². The SMILES string of the molecule is COc1ccc(-c2nc3cc(C)ccn3c2Oc2ccccc2OC)cc1. The van der Waals surface area contributed by atoms with Crippen molar-refractivity contribution in [2.75, 3.05) is 14.2 Å². The molecule has 0 atom stereocenters. The summed E-state index contributed by atoms with van der Waals surface area (Å²) in [6.45, 7) is 2.04. The standard InChI is InChI=1S/C22H20N2O3/c1-15-12-13-24-20(14-15)23-21(16-8-10-17(25-2)11-9-16)22(24)27-19-7-5-4-6-18(19)26-3/h4-14H,1-3H3. The highest BCUT2D eigenvalue weighted by molar-refractivity contribution is 5.71. The van der Waals surface area contributed by atoms with Gasteiger partial charge in [0.25, 0.3) is 0 Å². The number of aromatic nitrogens is 2. The highest BCUT2D eigenvalue weighted by Gasteiger charge is 2.18. The summed E-state index contributed by atoms with van der Waals surface area (Å²) in [5.74, 6) is 2.74. The van der Waals surface area contributed by atoms with Crippen LogP contribution in [0.4, 0.5) is 0 Å². The van der Waals surface area contributed by atoms with E-state index in [0.717, 1.165) is 28.2 Å². The van der Waals surface area contributed by atoms with E-state index in [-0.39, 0.29) is 0 Å². The normalized spacial score (nSPS) is 10.8.